The molecule has 0 fully saturated rings. The van der Waals surface area contributed by atoms with Crippen LogP contribution < -0.4 is 5.73 Å². The summed E-state index contributed by atoms with van der Waals surface area (Å²) in [6.45, 7) is 4.54. The Morgan fingerprint density at radius 2 is 1.90 bits per heavy atom. The Balaban J connectivity index is 2.11. The van der Waals surface area contributed by atoms with E-state index in [9.17, 15) is 4.79 Å². The van der Waals surface area contributed by atoms with Crippen LogP contribution in [-0.2, 0) is 17.8 Å². The molecule has 0 radical (unpaired) electrons. The van der Waals surface area contributed by atoms with E-state index in [0.29, 0.717) is 18.7 Å². The van der Waals surface area contributed by atoms with Gasteiger partial charge in [0.1, 0.15) is 0 Å². The van der Waals surface area contributed by atoms with Crippen molar-refractivity contribution in [3.05, 3.63) is 59.9 Å². The second-order valence-corrected chi connectivity index (χ2v) is 5.31. The van der Waals surface area contributed by atoms with Crippen molar-refractivity contribution in [2.45, 2.75) is 32.9 Å². The minimum absolute atomic E-state index is 0.0635. The second kappa shape index (κ2) is 6.88. The van der Waals surface area contributed by atoms with E-state index in [1.54, 1.807) is 6.20 Å². The maximum absolute atomic E-state index is 12.6. The largest absolute Gasteiger partial charge is 0.398 e. The molecular weight excluding hydrogens is 262 g/mol. The Bertz CT molecular complexity index is 596. The number of benzene rings is 1. The first-order valence-electron chi connectivity index (χ1n) is 7.10. The molecule has 1 aromatic carbocycles. The lowest BCUT2D eigenvalue weighted by molar-refractivity contribution is -0.132. The number of hydrogen-bond donors (Lipinski definition) is 1. The van der Waals surface area contributed by atoms with Gasteiger partial charge in [-0.1, -0.05) is 24.3 Å². The smallest absolute Gasteiger partial charge is 0.227 e. The summed E-state index contributed by atoms with van der Waals surface area (Å²) < 4.78 is 0. The van der Waals surface area contributed by atoms with Gasteiger partial charge in [-0.15, -0.1) is 0 Å². The highest BCUT2D eigenvalue weighted by Crippen LogP contribution is 2.15. The molecule has 0 unspecified atom stereocenters. The van der Waals surface area contributed by atoms with Gasteiger partial charge in [0.15, 0.2) is 0 Å². The molecule has 0 atom stereocenters. The molecule has 1 aromatic heterocycles. The number of pyridine rings is 1. The van der Waals surface area contributed by atoms with Gasteiger partial charge in [-0.2, -0.15) is 0 Å². The third-order valence-electron chi connectivity index (χ3n) is 3.40. The van der Waals surface area contributed by atoms with Gasteiger partial charge in [-0.05, 0) is 37.6 Å². The third kappa shape index (κ3) is 4.05. The first-order valence-corrected chi connectivity index (χ1v) is 7.10. The molecule has 2 aromatic rings. The molecule has 2 N–H and O–H groups in total. The van der Waals surface area contributed by atoms with E-state index in [-0.39, 0.29) is 11.9 Å². The zero-order chi connectivity index (χ0) is 15.2. The van der Waals surface area contributed by atoms with Crippen LogP contribution in [0.5, 0.6) is 0 Å². The maximum atomic E-state index is 12.6. The van der Waals surface area contributed by atoms with Crippen molar-refractivity contribution in [2.24, 2.45) is 0 Å². The van der Waals surface area contributed by atoms with Gasteiger partial charge < -0.3 is 10.6 Å². The van der Waals surface area contributed by atoms with Crippen LogP contribution in [0.2, 0.25) is 0 Å². The summed E-state index contributed by atoms with van der Waals surface area (Å²) in [5.41, 5.74) is 8.33. The maximum Gasteiger partial charge on any atom is 0.227 e. The molecule has 4 nitrogen and oxygen atoms in total. The Labute approximate surface area is 125 Å². The molecule has 0 saturated carbocycles. The number of carbonyl (C=O) groups is 1. The minimum atomic E-state index is 0.0635. The summed E-state index contributed by atoms with van der Waals surface area (Å²) in [4.78, 5) is 18.7. The summed E-state index contributed by atoms with van der Waals surface area (Å²) in [5.74, 6) is 0.0635. The van der Waals surface area contributed by atoms with Gasteiger partial charge in [-0.25, -0.2) is 0 Å². The number of para-hydroxylation sites is 1. The SMILES string of the molecule is CC(C)N(Cc1ccccn1)C(=O)Cc1ccccc1N. The Hall–Kier alpha value is -2.36. The van der Waals surface area contributed by atoms with Gasteiger partial charge in [0.2, 0.25) is 5.91 Å². The van der Waals surface area contributed by atoms with Gasteiger partial charge in [0, 0.05) is 17.9 Å². The van der Waals surface area contributed by atoms with Crippen LogP contribution in [0.15, 0.2) is 48.7 Å². The fourth-order valence-electron chi connectivity index (χ4n) is 2.18. The average molecular weight is 283 g/mol. The highest BCUT2D eigenvalue weighted by atomic mass is 16.2. The van der Waals surface area contributed by atoms with Crippen molar-refractivity contribution in [3.8, 4) is 0 Å². The number of carbonyl (C=O) groups excluding carboxylic acids is 1. The van der Waals surface area contributed by atoms with Crippen molar-refractivity contribution < 1.29 is 4.79 Å². The number of aromatic nitrogens is 1. The number of nitrogens with two attached hydrogens (primary N) is 1. The molecule has 0 saturated heterocycles. The van der Waals surface area contributed by atoms with Gasteiger partial charge in [-0.3, -0.25) is 9.78 Å². The standard InChI is InChI=1S/C17H21N3O/c1-13(2)20(12-15-8-5-6-10-19-15)17(21)11-14-7-3-4-9-16(14)18/h3-10,13H,11-12,18H2,1-2H3. The minimum Gasteiger partial charge on any atom is -0.398 e. The molecule has 4 heteroatoms. The molecule has 110 valence electrons. The first-order chi connectivity index (χ1) is 10.1. The monoisotopic (exact) mass is 283 g/mol. The Morgan fingerprint density at radius 1 is 1.19 bits per heavy atom. The zero-order valence-electron chi connectivity index (χ0n) is 12.5. The van der Waals surface area contributed by atoms with E-state index < -0.39 is 0 Å². The zero-order valence-corrected chi connectivity index (χ0v) is 12.5. The lowest BCUT2D eigenvalue weighted by Gasteiger charge is -2.26. The molecule has 21 heavy (non-hydrogen) atoms. The predicted molar refractivity (Wildman–Crippen MR) is 84.5 cm³/mol. The first kappa shape index (κ1) is 15.0. The molecule has 0 aliphatic carbocycles. The normalized spacial score (nSPS) is 10.6. The fraction of sp³-hybridized carbons (Fsp3) is 0.294. The van der Waals surface area contributed by atoms with E-state index in [2.05, 4.69) is 4.98 Å². The van der Waals surface area contributed by atoms with Gasteiger partial charge in [0.05, 0.1) is 18.7 Å². The van der Waals surface area contributed by atoms with Crippen LogP contribution >= 0.6 is 0 Å². The highest BCUT2D eigenvalue weighted by Gasteiger charge is 2.18. The van der Waals surface area contributed by atoms with Gasteiger partial charge in [0.25, 0.3) is 0 Å². The van der Waals surface area contributed by atoms with Crippen molar-refractivity contribution in [1.82, 2.24) is 9.88 Å². The lowest BCUT2D eigenvalue weighted by atomic mass is 10.1. The summed E-state index contributed by atoms with van der Waals surface area (Å²) in [6.07, 6.45) is 2.06. The summed E-state index contributed by atoms with van der Waals surface area (Å²) >= 11 is 0. The lowest BCUT2D eigenvalue weighted by Crippen LogP contribution is -2.37. The second-order valence-electron chi connectivity index (χ2n) is 5.31. The molecule has 1 amide bonds. The van der Waals surface area contributed by atoms with Crippen molar-refractivity contribution in [1.29, 1.82) is 0 Å². The molecule has 0 spiro atoms. The van der Waals surface area contributed by atoms with Crippen LogP contribution in [0.3, 0.4) is 0 Å². The Morgan fingerprint density at radius 3 is 2.52 bits per heavy atom. The van der Waals surface area contributed by atoms with E-state index in [0.717, 1.165) is 11.3 Å². The molecular formula is C17H21N3O. The number of hydrogen-bond acceptors (Lipinski definition) is 3. The van der Waals surface area contributed by atoms with E-state index >= 15 is 0 Å². The van der Waals surface area contributed by atoms with Crippen LogP contribution in [-0.4, -0.2) is 21.8 Å². The van der Waals surface area contributed by atoms with Crippen molar-refractivity contribution in [3.63, 3.8) is 0 Å². The third-order valence-corrected chi connectivity index (χ3v) is 3.40. The van der Waals surface area contributed by atoms with Crippen molar-refractivity contribution in [2.75, 3.05) is 5.73 Å². The van der Waals surface area contributed by atoms with Crippen LogP contribution in [0.4, 0.5) is 5.69 Å². The number of amides is 1. The molecule has 1 heterocycles. The predicted octanol–water partition coefficient (Wildman–Crippen LogP) is 2.64. The quantitative estimate of drug-likeness (QED) is 0.858. The highest BCUT2D eigenvalue weighted by molar-refractivity contribution is 5.80. The molecule has 2 rings (SSSR count). The number of nitrogen functional groups attached to an aromatic ring is 1. The van der Waals surface area contributed by atoms with Crippen LogP contribution in [0.1, 0.15) is 25.1 Å². The van der Waals surface area contributed by atoms with E-state index in [1.807, 2.05) is 61.2 Å². The molecule has 0 aliphatic heterocycles. The summed E-state index contributed by atoms with van der Waals surface area (Å²) in [6, 6.07) is 13.3. The number of anilines is 1. The van der Waals surface area contributed by atoms with Crippen LogP contribution in [0.25, 0.3) is 0 Å². The van der Waals surface area contributed by atoms with Crippen molar-refractivity contribution >= 4 is 11.6 Å². The van der Waals surface area contributed by atoms with E-state index in [4.69, 9.17) is 5.73 Å². The van der Waals surface area contributed by atoms with E-state index in [1.165, 1.54) is 0 Å². The summed E-state index contributed by atoms with van der Waals surface area (Å²) in [7, 11) is 0. The van der Waals surface area contributed by atoms with Crippen LogP contribution in [0, 0.1) is 0 Å². The molecule has 0 bridgehead atoms. The summed E-state index contributed by atoms with van der Waals surface area (Å²) in [5, 5.41) is 0. The topological polar surface area (TPSA) is 59.2 Å². The average Bonchev–Trinajstić information content (AvgIpc) is 2.48. The number of rotatable bonds is 5. The van der Waals surface area contributed by atoms with Gasteiger partial charge >= 0.3 is 0 Å². The number of nitrogens with zero attached hydrogens (tertiary/aromatic N) is 2. The molecule has 0 aliphatic rings. The Kier molecular flexibility index (Phi) is 4.93. The fourth-order valence-corrected chi connectivity index (χ4v) is 2.18.